The number of benzene rings is 8. The average molecular weight is 1570 g/mol. The van der Waals surface area contributed by atoms with Crippen LogP contribution in [0.3, 0.4) is 0 Å². The number of aromatic nitrogens is 9. The van der Waals surface area contributed by atoms with E-state index in [2.05, 4.69) is 120 Å². The van der Waals surface area contributed by atoms with Gasteiger partial charge in [-0.1, -0.05) is 93.4 Å². The fourth-order valence-corrected chi connectivity index (χ4v) is 13.3. The molecule has 2 saturated heterocycles. The summed E-state index contributed by atoms with van der Waals surface area (Å²) in [6.45, 7) is 29.1. The molecule has 13 aromatic rings. The van der Waals surface area contributed by atoms with Crippen molar-refractivity contribution < 1.29 is 56.0 Å². The van der Waals surface area contributed by atoms with Gasteiger partial charge in [0.25, 0.3) is 29.5 Å². The molecule has 0 atom stereocenters. The minimum absolute atomic E-state index is 0.206. The lowest BCUT2D eigenvalue weighted by Gasteiger charge is -2.14. The van der Waals surface area contributed by atoms with Crippen molar-refractivity contribution in [2.45, 2.75) is 108 Å². The average Bonchev–Trinajstić information content (AvgIpc) is 1.80. The zero-order valence-electron chi connectivity index (χ0n) is 67.9. The molecule has 15 rings (SSSR count). The Bertz CT molecular complexity index is 5280. The third-order valence-corrected chi connectivity index (χ3v) is 18.8. The topological polar surface area (TPSA) is 272 Å². The summed E-state index contributed by atoms with van der Waals surface area (Å²) in [5.74, 6) is 8.70. The van der Waals surface area contributed by atoms with Gasteiger partial charge in [0.1, 0.15) is 5.75 Å². The van der Waals surface area contributed by atoms with Gasteiger partial charge in [-0.05, 0) is 259 Å². The van der Waals surface area contributed by atoms with Crippen molar-refractivity contribution in [2.75, 3.05) is 91.8 Å². The van der Waals surface area contributed by atoms with E-state index in [1.807, 2.05) is 173 Å². The molecule has 1 N–H and O–H groups in total. The predicted molar refractivity (Wildman–Crippen MR) is 447 cm³/mol. The second-order valence-electron chi connectivity index (χ2n) is 27.7. The van der Waals surface area contributed by atoms with E-state index in [1.165, 1.54) is 68.6 Å². The van der Waals surface area contributed by atoms with Gasteiger partial charge in [0.05, 0.1) is 46.2 Å². The second kappa shape index (κ2) is 41.5. The number of nitrogens with one attached hydrogen (secondary N) is 1. The van der Waals surface area contributed by atoms with Gasteiger partial charge in [-0.15, -0.1) is 0 Å². The van der Waals surface area contributed by atoms with Gasteiger partial charge in [0.2, 0.25) is 23.3 Å². The molecule has 0 radical (unpaired) electrons. The minimum atomic E-state index is -0.206. The normalized spacial score (nSPS) is 12.6. The predicted octanol–water partition coefficient (Wildman–Crippen LogP) is 18.9. The highest BCUT2D eigenvalue weighted by atomic mass is 16.5. The highest BCUT2D eigenvalue weighted by Gasteiger charge is 2.22. The quantitative estimate of drug-likeness (QED) is 0.0438. The lowest BCUT2D eigenvalue weighted by molar-refractivity contribution is 0.102. The molecule has 0 unspecified atom stereocenters. The maximum Gasteiger partial charge on any atom is 0.258 e. The maximum atomic E-state index is 12.6. The number of amides is 1. The van der Waals surface area contributed by atoms with Crippen molar-refractivity contribution in [3.8, 4) is 132 Å². The molecule has 2 aliphatic heterocycles. The van der Waals surface area contributed by atoms with E-state index in [4.69, 9.17) is 51.3 Å². The van der Waals surface area contributed by atoms with Crippen LogP contribution in [0, 0.1) is 13.8 Å². The molecule has 2 fully saturated rings. The standard InChI is InChI=1S/C25H24N4O4.C23H27N3O3.C22H25N3O2.C21H25N3O3/c1-4-31-21-9-7-18(15-22(21)32-5-2)25-28-23(29-33-25)20-8-6-17(14-16(20)3)24(30)27-19-10-12-26-13-11-19;1-3-27-20-11-10-19(15-21(20)28-4-2)23-24-22(25-29-23)18-9-7-8-17(14-18)16-26-12-5-6-13-26;1-3-26-20-14-19(9-6-16(20)2)22-23-21(24-27-22)18-10-7-17(8-11-18)15-25-12-4-5-13-25;1-5-25-18-11-10-17(13-19(18)26-6-2)21-22-20(23-27-21)16-9-7-8-15(12-16)14-24(3)4/h6-15H,4-5H2,1-3H3,(H,26,27,30);7-11,14-15H,3-6,12-13,16H2,1-2H3;6-11,14H,3-5,12-13,15H2,1-2H3;7-13H,5-6,14H2,1-4H3. The van der Waals surface area contributed by atoms with Gasteiger partial charge < -0.3 is 61.5 Å². The van der Waals surface area contributed by atoms with E-state index >= 15 is 0 Å². The van der Waals surface area contributed by atoms with Crippen molar-refractivity contribution in [1.82, 2.24) is 60.2 Å². The van der Waals surface area contributed by atoms with E-state index in [0.717, 1.165) is 81.0 Å². The van der Waals surface area contributed by atoms with Crippen LogP contribution in [-0.2, 0) is 19.6 Å². The van der Waals surface area contributed by atoms with Crippen LogP contribution in [0.5, 0.6) is 40.2 Å². The van der Waals surface area contributed by atoms with Crippen LogP contribution in [0.15, 0.2) is 206 Å². The van der Waals surface area contributed by atoms with Crippen LogP contribution < -0.4 is 38.5 Å². The molecular weight excluding hydrogens is 1470 g/mol. The van der Waals surface area contributed by atoms with Gasteiger partial charge in [-0.25, -0.2) is 0 Å². The minimum Gasteiger partial charge on any atom is -0.494 e. The number of carbonyl (C=O) groups is 1. The van der Waals surface area contributed by atoms with Crippen LogP contribution in [0.4, 0.5) is 5.69 Å². The van der Waals surface area contributed by atoms with Gasteiger partial charge in [0, 0.05) is 87.8 Å². The van der Waals surface area contributed by atoms with Gasteiger partial charge in [-0.2, -0.15) is 19.9 Å². The monoisotopic (exact) mass is 1570 g/mol. The maximum absolute atomic E-state index is 12.6. The summed E-state index contributed by atoms with van der Waals surface area (Å²) in [5, 5.41) is 19.5. The first-order valence-corrected chi connectivity index (χ1v) is 39.7. The Kier molecular flexibility index (Phi) is 29.6. The summed E-state index contributed by atoms with van der Waals surface area (Å²) >= 11 is 0. The molecule has 25 nitrogen and oxygen atoms in total. The Morgan fingerprint density at radius 2 is 0.767 bits per heavy atom. The van der Waals surface area contributed by atoms with Crippen molar-refractivity contribution in [3.63, 3.8) is 0 Å². The van der Waals surface area contributed by atoms with E-state index in [0.29, 0.717) is 139 Å². The van der Waals surface area contributed by atoms with E-state index in [9.17, 15) is 4.79 Å². The van der Waals surface area contributed by atoms with Crippen LogP contribution in [0.1, 0.15) is 112 Å². The molecule has 0 aliphatic carbocycles. The Morgan fingerprint density at radius 3 is 1.22 bits per heavy atom. The molecule has 2 aliphatic rings. The highest BCUT2D eigenvalue weighted by Crippen LogP contribution is 2.38. The molecule has 0 bridgehead atoms. The van der Waals surface area contributed by atoms with Gasteiger partial charge in [-0.3, -0.25) is 19.6 Å². The fourth-order valence-electron chi connectivity index (χ4n) is 13.3. The molecular formula is C91H101N13O12. The van der Waals surface area contributed by atoms with Gasteiger partial charge >= 0.3 is 0 Å². The first kappa shape index (κ1) is 82.9. The van der Waals surface area contributed by atoms with E-state index < -0.39 is 0 Å². The Morgan fingerprint density at radius 1 is 0.379 bits per heavy atom. The molecule has 7 heterocycles. The number of rotatable bonds is 30. The van der Waals surface area contributed by atoms with Crippen molar-refractivity contribution in [3.05, 3.63) is 222 Å². The number of nitrogens with zero attached hydrogens (tertiary/aromatic N) is 12. The summed E-state index contributed by atoms with van der Waals surface area (Å²) in [6, 6.07) is 56.6. The molecule has 0 spiro atoms. The lowest BCUT2D eigenvalue weighted by Crippen LogP contribution is -2.18. The Balaban J connectivity index is 0.000000143. The number of carbonyl (C=O) groups excluding carboxylic acids is 1. The number of anilines is 1. The number of likely N-dealkylation sites (tertiary alicyclic amines) is 2. The lowest BCUT2D eigenvalue weighted by atomic mass is 10.0. The van der Waals surface area contributed by atoms with Crippen LogP contribution in [0.2, 0.25) is 0 Å². The SMILES string of the molecule is CCOc1cc(-c2nc(-c3ccc(CN4CCCC4)cc3)no2)ccc1C.CCOc1ccc(-c2nc(-c3ccc(C(=O)Nc4ccncc4)cc3C)no2)cc1OCC.CCOc1ccc(-c2nc(-c3cccc(CN(C)C)c3)no2)cc1OCC.CCOc1ccc(-c2nc(-c3cccc(CN4CCCC4)c3)no2)cc1OCC. The number of hydrogen-bond acceptors (Lipinski definition) is 24. The zero-order valence-corrected chi connectivity index (χ0v) is 67.9. The molecule has 1 amide bonds. The molecule has 0 saturated carbocycles. The first-order chi connectivity index (χ1) is 56.7. The van der Waals surface area contributed by atoms with Crippen molar-refractivity contribution >= 4 is 11.6 Å². The molecule has 602 valence electrons. The summed E-state index contributed by atoms with van der Waals surface area (Å²) in [4.78, 5) is 41.9. The summed E-state index contributed by atoms with van der Waals surface area (Å²) in [7, 11) is 4.09. The molecule has 25 heteroatoms. The Hall–Kier alpha value is -12.6. The van der Waals surface area contributed by atoms with Crippen molar-refractivity contribution in [2.24, 2.45) is 0 Å². The Labute approximate surface area is 677 Å². The third kappa shape index (κ3) is 22.5. The molecule has 5 aromatic heterocycles. The second-order valence-corrected chi connectivity index (χ2v) is 27.7. The smallest absolute Gasteiger partial charge is 0.258 e. The van der Waals surface area contributed by atoms with E-state index in [-0.39, 0.29) is 5.91 Å². The number of ether oxygens (including phenoxy) is 7. The zero-order chi connectivity index (χ0) is 81.1. The van der Waals surface area contributed by atoms with Gasteiger partial charge in [0.15, 0.2) is 34.5 Å². The van der Waals surface area contributed by atoms with Crippen LogP contribution in [-0.4, -0.2) is 153 Å². The van der Waals surface area contributed by atoms with E-state index in [1.54, 1.807) is 36.7 Å². The largest absolute Gasteiger partial charge is 0.494 e. The van der Waals surface area contributed by atoms with Crippen LogP contribution >= 0.6 is 0 Å². The number of aryl methyl sites for hydroxylation is 2. The fraction of sp³-hybridized carbons (Fsp3) is 0.319. The first-order valence-electron chi connectivity index (χ1n) is 39.7. The molecule has 8 aromatic carbocycles. The summed E-state index contributed by atoms with van der Waals surface area (Å²) < 4.78 is 61.6. The summed E-state index contributed by atoms with van der Waals surface area (Å²) in [6.07, 6.45) is 8.46. The molecule has 116 heavy (non-hydrogen) atoms. The van der Waals surface area contributed by atoms with Crippen molar-refractivity contribution in [1.29, 1.82) is 0 Å². The third-order valence-electron chi connectivity index (χ3n) is 18.8. The number of pyridine rings is 1. The highest BCUT2D eigenvalue weighted by molar-refractivity contribution is 6.04. The van der Waals surface area contributed by atoms with Crippen LogP contribution in [0.25, 0.3) is 91.4 Å². The number of hydrogen-bond donors (Lipinski definition) is 1. The summed E-state index contributed by atoms with van der Waals surface area (Å²) in [5.41, 5.74) is 13.8.